The highest BCUT2D eigenvalue weighted by Gasteiger charge is 2.04. The summed E-state index contributed by atoms with van der Waals surface area (Å²) in [5.74, 6) is 0. The number of halogens is 1. The van der Waals surface area contributed by atoms with Gasteiger partial charge in [-0.15, -0.1) is 0 Å². The van der Waals surface area contributed by atoms with Crippen LogP contribution in [0.3, 0.4) is 0 Å². The smallest absolute Gasteiger partial charge is 0.211 e. The fourth-order valence-corrected chi connectivity index (χ4v) is 2.98. The first-order chi connectivity index (χ1) is 11.8. The van der Waals surface area contributed by atoms with Crippen LogP contribution < -0.4 is 0 Å². The maximum Gasteiger partial charge on any atom is 0.240 e. The molecule has 2 aromatic rings. The van der Waals surface area contributed by atoms with Gasteiger partial charge in [0.05, 0.1) is 16.4 Å². The normalized spacial score (nSPS) is 9.36. The van der Waals surface area contributed by atoms with Gasteiger partial charge in [0.15, 0.2) is 0 Å². The average molecular weight is 357 g/mol. The largest absolute Gasteiger partial charge is 0.240 e. The monoisotopic (exact) mass is 356 g/mol. The minimum atomic E-state index is 0.496. The highest BCUT2D eigenvalue weighted by Crippen LogP contribution is 2.29. The summed E-state index contributed by atoms with van der Waals surface area (Å²) in [5.41, 5.74) is 6.60. The zero-order valence-corrected chi connectivity index (χ0v) is 15.9. The van der Waals surface area contributed by atoms with Gasteiger partial charge in [0, 0.05) is 0 Å². The molecule has 5 heteroatoms. The van der Waals surface area contributed by atoms with E-state index in [-0.39, 0.29) is 0 Å². The Morgan fingerprint density at radius 2 is 1.32 bits per heavy atom. The van der Waals surface area contributed by atoms with E-state index in [9.17, 15) is 9.59 Å². The van der Waals surface area contributed by atoms with Crippen LogP contribution in [-0.4, -0.2) is 12.2 Å². The molecule has 4 nitrogen and oxygen atoms in total. The third-order valence-corrected chi connectivity index (χ3v) is 3.91. The van der Waals surface area contributed by atoms with E-state index in [2.05, 4.69) is 23.0 Å². The number of carbonyl (C=O) groups excluding carboxylic acids is 2. The standard InChI is InChI=1S/C11H13NO.C9H8ClNO/c1-4-10-6-8(2)5-9(3)11(10)12-7-13;1-6-3-7(2)9(11-5-12)8(10)4-6/h5-6H,4H2,1-3H3;3-4H,1-2H3. The number of isocyanates is 2. The highest BCUT2D eigenvalue weighted by molar-refractivity contribution is 6.33. The predicted molar refractivity (Wildman–Crippen MR) is 102 cm³/mol. The second kappa shape index (κ2) is 9.71. The lowest BCUT2D eigenvalue weighted by molar-refractivity contribution is 0.564. The molecule has 0 aliphatic heterocycles. The van der Waals surface area contributed by atoms with Crippen molar-refractivity contribution < 1.29 is 9.59 Å². The zero-order chi connectivity index (χ0) is 19.0. The summed E-state index contributed by atoms with van der Waals surface area (Å²) in [6.07, 6.45) is 3.96. The van der Waals surface area contributed by atoms with E-state index < -0.39 is 0 Å². The van der Waals surface area contributed by atoms with Crippen LogP contribution >= 0.6 is 11.6 Å². The molecule has 0 fully saturated rings. The van der Waals surface area contributed by atoms with Gasteiger partial charge in [0.25, 0.3) is 0 Å². The van der Waals surface area contributed by atoms with Crippen molar-refractivity contribution in [2.24, 2.45) is 9.98 Å². The lowest BCUT2D eigenvalue weighted by Crippen LogP contribution is -1.87. The van der Waals surface area contributed by atoms with Gasteiger partial charge < -0.3 is 0 Å². The van der Waals surface area contributed by atoms with Crippen LogP contribution in [0.1, 0.15) is 34.7 Å². The third kappa shape index (κ3) is 5.81. The third-order valence-electron chi connectivity index (χ3n) is 3.62. The van der Waals surface area contributed by atoms with E-state index in [0.717, 1.165) is 34.4 Å². The highest BCUT2D eigenvalue weighted by atomic mass is 35.5. The van der Waals surface area contributed by atoms with E-state index in [1.54, 1.807) is 12.1 Å². The Morgan fingerprint density at radius 3 is 1.80 bits per heavy atom. The average Bonchev–Trinajstić information content (AvgIpc) is 2.54. The quantitative estimate of drug-likeness (QED) is 0.518. The van der Waals surface area contributed by atoms with Gasteiger partial charge in [0.2, 0.25) is 12.2 Å². The molecule has 0 aliphatic rings. The molecular formula is C20H21ClN2O2. The molecule has 0 radical (unpaired) electrons. The second-order valence-electron chi connectivity index (χ2n) is 5.76. The number of aryl methyl sites for hydroxylation is 5. The van der Waals surface area contributed by atoms with Crippen molar-refractivity contribution in [2.45, 2.75) is 41.0 Å². The van der Waals surface area contributed by atoms with Gasteiger partial charge in [-0.25, -0.2) is 9.59 Å². The van der Waals surface area contributed by atoms with Gasteiger partial charge in [-0.2, -0.15) is 9.98 Å². The molecule has 2 aromatic carbocycles. The number of hydrogen-bond acceptors (Lipinski definition) is 4. The maximum absolute atomic E-state index is 10.2. The molecular weight excluding hydrogens is 336 g/mol. The fraction of sp³-hybridized carbons (Fsp3) is 0.300. The van der Waals surface area contributed by atoms with Crippen LogP contribution in [0.5, 0.6) is 0 Å². The molecule has 0 N–H and O–H groups in total. The number of rotatable bonds is 3. The van der Waals surface area contributed by atoms with E-state index in [1.165, 1.54) is 11.6 Å². The van der Waals surface area contributed by atoms with E-state index in [4.69, 9.17) is 11.6 Å². The molecule has 0 aromatic heterocycles. The van der Waals surface area contributed by atoms with Gasteiger partial charge in [-0.05, 0) is 62.4 Å². The zero-order valence-electron chi connectivity index (χ0n) is 15.1. The van der Waals surface area contributed by atoms with Crippen molar-refractivity contribution in [1.82, 2.24) is 0 Å². The second-order valence-corrected chi connectivity index (χ2v) is 6.17. The molecule has 0 heterocycles. The summed E-state index contributed by atoms with van der Waals surface area (Å²) in [6.45, 7) is 9.85. The molecule has 2 rings (SSSR count). The Morgan fingerprint density at radius 1 is 0.840 bits per heavy atom. The Bertz CT molecular complexity index is 839. The van der Waals surface area contributed by atoms with Crippen molar-refractivity contribution in [2.75, 3.05) is 0 Å². The Labute approximate surface area is 153 Å². The molecule has 0 bridgehead atoms. The summed E-state index contributed by atoms with van der Waals surface area (Å²) < 4.78 is 0. The molecule has 0 saturated heterocycles. The minimum absolute atomic E-state index is 0.496. The van der Waals surface area contributed by atoms with Crippen LogP contribution in [0.2, 0.25) is 5.02 Å². The van der Waals surface area contributed by atoms with Crippen LogP contribution in [-0.2, 0) is 16.0 Å². The molecule has 0 spiro atoms. The summed E-state index contributed by atoms with van der Waals surface area (Å²) in [6, 6.07) is 7.77. The van der Waals surface area contributed by atoms with Gasteiger partial charge in [0.1, 0.15) is 0 Å². The molecule has 0 amide bonds. The summed E-state index contributed by atoms with van der Waals surface area (Å²) >= 11 is 5.84. The van der Waals surface area contributed by atoms with Crippen molar-refractivity contribution in [3.8, 4) is 0 Å². The molecule has 0 aliphatic carbocycles. The van der Waals surface area contributed by atoms with E-state index in [0.29, 0.717) is 10.7 Å². The summed E-state index contributed by atoms with van der Waals surface area (Å²) in [5, 5.41) is 0.496. The predicted octanol–water partition coefficient (Wildman–Crippen LogP) is 5.76. The lowest BCUT2D eigenvalue weighted by Gasteiger charge is -2.06. The van der Waals surface area contributed by atoms with Crippen molar-refractivity contribution >= 4 is 35.1 Å². The SMILES string of the molecule is CCc1cc(C)cc(C)c1N=C=O.Cc1cc(C)c(N=C=O)c(Cl)c1. The lowest BCUT2D eigenvalue weighted by atomic mass is 10.0. The number of benzene rings is 2. The maximum atomic E-state index is 10.2. The minimum Gasteiger partial charge on any atom is -0.211 e. The molecule has 0 saturated carbocycles. The van der Waals surface area contributed by atoms with E-state index in [1.807, 2.05) is 39.8 Å². The van der Waals surface area contributed by atoms with Crippen molar-refractivity contribution in [3.05, 3.63) is 57.1 Å². The van der Waals surface area contributed by atoms with E-state index >= 15 is 0 Å². The Kier molecular flexibility index (Phi) is 7.97. The fourth-order valence-electron chi connectivity index (χ4n) is 2.62. The van der Waals surface area contributed by atoms with Crippen molar-refractivity contribution in [3.63, 3.8) is 0 Å². The number of nitrogens with zero attached hydrogens (tertiary/aromatic N) is 2. The van der Waals surface area contributed by atoms with Crippen LogP contribution in [0, 0.1) is 27.7 Å². The topological polar surface area (TPSA) is 58.9 Å². The number of hydrogen-bond donors (Lipinski definition) is 0. The summed E-state index contributed by atoms with van der Waals surface area (Å²) in [4.78, 5) is 27.4. The molecule has 130 valence electrons. The Hall–Kier alpha value is -2.51. The van der Waals surface area contributed by atoms with Crippen LogP contribution in [0.15, 0.2) is 34.3 Å². The number of aliphatic imine (C=N–C) groups is 2. The first-order valence-electron chi connectivity index (χ1n) is 7.86. The first-order valence-corrected chi connectivity index (χ1v) is 8.24. The van der Waals surface area contributed by atoms with Crippen LogP contribution in [0.4, 0.5) is 11.4 Å². The van der Waals surface area contributed by atoms with Gasteiger partial charge in [-0.3, -0.25) is 0 Å². The molecule has 0 atom stereocenters. The van der Waals surface area contributed by atoms with Crippen LogP contribution in [0.25, 0.3) is 0 Å². The van der Waals surface area contributed by atoms with Crippen molar-refractivity contribution in [1.29, 1.82) is 0 Å². The molecule has 0 unspecified atom stereocenters. The molecule has 25 heavy (non-hydrogen) atoms. The first kappa shape index (κ1) is 20.5. The Balaban J connectivity index is 0.000000251. The van der Waals surface area contributed by atoms with Gasteiger partial charge in [-0.1, -0.05) is 42.3 Å². The van der Waals surface area contributed by atoms with Gasteiger partial charge >= 0.3 is 0 Å². The summed E-state index contributed by atoms with van der Waals surface area (Å²) in [7, 11) is 0.